The highest BCUT2D eigenvalue weighted by Crippen LogP contribution is 2.39. The van der Waals surface area contributed by atoms with Crippen molar-refractivity contribution in [2.75, 3.05) is 37.4 Å². The van der Waals surface area contributed by atoms with Crippen molar-refractivity contribution in [2.45, 2.75) is 89.8 Å². The van der Waals surface area contributed by atoms with E-state index in [0.29, 0.717) is 42.5 Å². The Bertz CT molecular complexity index is 2110. The summed E-state index contributed by atoms with van der Waals surface area (Å²) >= 11 is 0. The van der Waals surface area contributed by atoms with E-state index < -0.39 is 0 Å². The summed E-state index contributed by atoms with van der Waals surface area (Å²) in [5.74, 6) is 1.86. The molecule has 292 valence electrons. The van der Waals surface area contributed by atoms with Crippen LogP contribution in [0, 0.1) is 5.82 Å². The number of amides is 2. The standard InChI is InChI=1S/C40H50FN9O2.CH2O2/c1-26-11-9-10-21-48(26)39-45-44-36-19-15-29(25-49(36)39)52-34-18-17-33(30-12-7-8-13-31(30)34)42-38(51)43-37-24-35(40(2,3)4)46-50(37)28-14-16-32(41)27(23-28)20-22-47(5)6;2-1-3/h7-8,12-16,19,23-26,33-34H,9-11,17-18,20-22H2,1-6H3,(H2,42,43,51);1H,(H,2,3)/t26?,33-,34+;/m0./s1. The molecule has 0 saturated carbocycles. The third kappa shape index (κ3) is 9.07. The second-order valence-electron chi connectivity index (χ2n) is 15.6. The number of piperidine rings is 1. The Balaban J connectivity index is 0.00000166. The van der Waals surface area contributed by atoms with Gasteiger partial charge in [-0.25, -0.2) is 13.9 Å². The number of likely N-dealkylation sites (N-methyl/N-ethyl adjacent to an activating group) is 1. The molecule has 3 N–H and O–H groups in total. The van der Waals surface area contributed by atoms with Crippen molar-refractivity contribution in [1.82, 2.24) is 34.6 Å². The molecule has 1 aliphatic heterocycles. The molecule has 3 atom stereocenters. The molecule has 1 saturated heterocycles. The number of nitrogens with one attached hydrogen (secondary N) is 2. The lowest BCUT2D eigenvalue weighted by Gasteiger charge is -2.33. The zero-order valence-corrected chi connectivity index (χ0v) is 32.5. The van der Waals surface area contributed by atoms with Crippen LogP contribution in [0.4, 0.5) is 21.0 Å². The number of nitrogens with zero attached hydrogens (tertiary/aromatic N) is 7. The van der Waals surface area contributed by atoms with E-state index in [2.05, 4.69) is 65.6 Å². The molecule has 13 nitrogen and oxygen atoms in total. The second kappa shape index (κ2) is 16.9. The Morgan fingerprint density at radius 3 is 2.53 bits per heavy atom. The lowest BCUT2D eigenvalue weighted by molar-refractivity contribution is -0.122. The predicted octanol–water partition coefficient (Wildman–Crippen LogP) is 7.31. The first-order valence-corrected chi connectivity index (χ1v) is 18.9. The van der Waals surface area contributed by atoms with Gasteiger partial charge < -0.3 is 25.0 Å². The minimum absolute atomic E-state index is 0.181. The van der Waals surface area contributed by atoms with Crippen LogP contribution in [0.5, 0.6) is 5.75 Å². The summed E-state index contributed by atoms with van der Waals surface area (Å²) in [6.45, 7) is 9.91. The molecule has 3 aromatic heterocycles. The van der Waals surface area contributed by atoms with Gasteiger partial charge in [-0.3, -0.25) is 14.5 Å². The lowest BCUT2D eigenvalue weighted by Crippen LogP contribution is -2.38. The maximum atomic E-state index is 14.8. The Kier molecular flexibility index (Phi) is 12.0. The molecule has 1 unspecified atom stereocenters. The van der Waals surface area contributed by atoms with Gasteiger partial charge in [0, 0.05) is 30.6 Å². The van der Waals surface area contributed by atoms with Gasteiger partial charge in [0.15, 0.2) is 5.65 Å². The molecule has 0 spiro atoms. The van der Waals surface area contributed by atoms with Crippen molar-refractivity contribution in [3.05, 3.63) is 95.1 Å². The molecule has 0 bridgehead atoms. The number of anilines is 2. The molecule has 0 radical (unpaired) electrons. The number of carbonyl (C=O) groups is 2. The van der Waals surface area contributed by atoms with E-state index in [0.717, 1.165) is 60.0 Å². The maximum absolute atomic E-state index is 14.8. The highest BCUT2D eigenvalue weighted by atomic mass is 19.1. The highest BCUT2D eigenvalue weighted by Gasteiger charge is 2.31. The Morgan fingerprint density at radius 2 is 1.80 bits per heavy atom. The molecule has 5 aromatic rings. The lowest BCUT2D eigenvalue weighted by atomic mass is 9.85. The quantitative estimate of drug-likeness (QED) is 0.132. The van der Waals surface area contributed by atoms with Crippen LogP contribution in [0.15, 0.2) is 66.9 Å². The number of rotatable bonds is 9. The van der Waals surface area contributed by atoms with Gasteiger partial charge in [0.05, 0.1) is 23.6 Å². The summed E-state index contributed by atoms with van der Waals surface area (Å²) < 4.78 is 25.2. The number of carbonyl (C=O) groups excluding carboxylic acids is 1. The molecule has 2 aliphatic rings. The fourth-order valence-corrected chi connectivity index (χ4v) is 7.28. The van der Waals surface area contributed by atoms with Crippen molar-refractivity contribution in [2.24, 2.45) is 0 Å². The first-order valence-electron chi connectivity index (χ1n) is 18.9. The van der Waals surface area contributed by atoms with E-state index in [4.69, 9.17) is 19.7 Å². The Hall–Kier alpha value is -5.50. The molecule has 14 heteroatoms. The van der Waals surface area contributed by atoms with Crippen molar-refractivity contribution in [3.63, 3.8) is 0 Å². The number of ether oxygens (including phenoxy) is 1. The van der Waals surface area contributed by atoms with Crippen LogP contribution in [-0.4, -0.2) is 80.1 Å². The average molecular weight is 754 g/mol. The van der Waals surface area contributed by atoms with Crippen molar-refractivity contribution in [1.29, 1.82) is 0 Å². The number of halogens is 1. The van der Waals surface area contributed by atoms with Gasteiger partial charge in [0.25, 0.3) is 6.47 Å². The van der Waals surface area contributed by atoms with Crippen molar-refractivity contribution < 1.29 is 23.8 Å². The van der Waals surface area contributed by atoms with Crippen LogP contribution >= 0.6 is 0 Å². The largest absolute Gasteiger partial charge is 0.484 e. The van der Waals surface area contributed by atoms with Gasteiger partial charge in [0.2, 0.25) is 5.95 Å². The molecule has 1 fully saturated rings. The molecule has 2 amide bonds. The van der Waals surface area contributed by atoms with Crippen LogP contribution in [0.3, 0.4) is 0 Å². The fourth-order valence-electron chi connectivity index (χ4n) is 7.28. The van der Waals surface area contributed by atoms with Gasteiger partial charge in [-0.15, -0.1) is 10.2 Å². The fraction of sp³-hybridized carbons (Fsp3) is 0.439. The normalized spacial score (nSPS) is 18.3. The average Bonchev–Trinajstić information content (AvgIpc) is 3.77. The molecule has 1 aliphatic carbocycles. The Morgan fingerprint density at radius 1 is 1.04 bits per heavy atom. The first-order chi connectivity index (χ1) is 26.4. The van der Waals surface area contributed by atoms with Crippen molar-refractivity contribution in [3.8, 4) is 11.4 Å². The number of hydrogen-bond acceptors (Lipinski definition) is 8. The predicted molar refractivity (Wildman–Crippen MR) is 211 cm³/mol. The summed E-state index contributed by atoms with van der Waals surface area (Å²) in [4.78, 5) is 26.4. The molecule has 55 heavy (non-hydrogen) atoms. The third-order valence-corrected chi connectivity index (χ3v) is 10.3. The number of aromatic nitrogens is 5. The summed E-state index contributed by atoms with van der Waals surface area (Å²) in [5.41, 5.74) is 4.69. The summed E-state index contributed by atoms with van der Waals surface area (Å²) in [6.07, 6.45) is 7.31. The van der Waals surface area contributed by atoms with E-state index >= 15 is 0 Å². The number of pyridine rings is 1. The van der Waals surface area contributed by atoms with E-state index in [1.54, 1.807) is 10.7 Å². The van der Waals surface area contributed by atoms with Gasteiger partial charge in [-0.2, -0.15) is 5.10 Å². The van der Waals surface area contributed by atoms with Crippen LogP contribution in [0.2, 0.25) is 0 Å². The summed E-state index contributed by atoms with van der Waals surface area (Å²) in [5, 5.41) is 27.0. The number of carboxylic acid groups (broad SMARTS) is 1. The molecule has 7 rings (SSSR count). The molecule has 4 heterocycles. The smallest absolute Gasteiger partial charge is 0.320 e. The van der Waals surface area contributed by atoms with E-state index in [1.807, 2.05) is 66.0 Å². The van der Waals surface area contributed by atoms with Crippen LogP contribution in [0.1, 0.15) is 94.3 Å². The number of hydrogen-bond donors (Lipinski definition) is 3. The van der Waals surface area contributed by atoms with Gasteiger partial charge >= 0.3 is 6.03 Å². The zero-order chi connectivity index (χ0) is 39.3. The molecule has 2 aromatic carbocycles. The summed E-state index contributed by atoms with van der Waals surface area (Å²) in [6, 6.07) is 18.8. The number of fused-ring (bicyclic) bond motifs is 2. The summed E-state index contributed by atoms with van der Waals surface area (Å²) in [7, 11) is 3.93. The topological polar surface area (TPSA) is 142 Å². The van der Waals surface area contributed by atoms with Gasteiger partial charge in [-0.05, 0) is 107 Å². The van der Waals surface area contributed by atoms with Crippen LogP contribution in [0.25, 0.3) is 11.3 Å². The van der Waals surface area contributed by atoms with Gasteiger partial charge in [0.1, 0.15) is 23.5 Å². The minimum Gasteiger partial charge on any atom is -0.484 e. The molecular weight excluding hydrogens is 702 g/mol. The van der Waals surface area contributed by atoms with Crippen LogP contribution in [-0.2, 0) is 16.6 Å². The van der Waals surface area contributed by atoms with E-state index in [-0.39, 0.29) is 35.9 Å². The number of benzene rings is 2. The number of urea groups is 1. The SMILES string of the molecule is CC1CCCCN1c1nnc2ccc(O[C@@H]3CC[C@H](NC(=O)Nc4cc(C(C)(C)C)nn4-c4ccc(F)c(CCN(C)C)c4)c4ccccc43)cn12.O=CO. The maximum Gasteiger partial charge on any atom is 0.320 e. The molecular formula is C41H52FN9O4. The third-order valence-electron chi connectivity index (χ3n) is 10.3. The first kappa shape index (κ1) is 39.2. The van der Waals surface area contributed by atoms with E-state index in [9.17, 15) is 9.18 Å². The van der Waals surface area contributed by atoms with Gasteiger partial charge in [-0.1, -0.05) is 45.0 Å². The zero-order valence-electron chi connectivity index (χ0n) is 32.5. The monoisotopic (exact) mass is 753 g/mol. The van der Waals surface area contributed by atoms with Crippen molar-refractivity contribution >= 4 is 29.9 Å². The van der Waals surface area contributed by atoms with E-state index in [1.165, 1.54) is 12.5 Å². The minimum atomic E-state index is -0.340. The highest BCUT2D eigenvalue weighted by molar-refractivity contribution is 5.89. The second-order valence-corrected chi connectivity index (χ2v) is 15.6. The Labute approximate surface area is 321 Å². The van der Waals surface area contributed by atoms with Crippen LogP contribution < -0.4 is 20.3 Å².